The number of aryl methyl sites for hydroxylation is 1. The molecule has 1 aliphatic carbocycles. The van der Waals surface area contributed by atoms with Gasteiger partial charge in [0.25, 0.3) is 5.56 Å². The fraction of sp³-hybridized carbons (Fsp3) is 0.409. The van der Waals surface area contributed by atoms with Gasteiger partial charge in [-0.15, -0.1) is 0 Å². The molecule has 0 spiro atoms. The Morgan fingerprint density at radius 2 is 1.90 bits per heavy atom. The first-order chi connectivity index (χ1) is 14.5. The summed E-state index contributed by atoms with van der Waals surface area (Å²) in [6, 6.07) is 4.77. The SMILES string of the molecule is Cc1nc(N[C@H](C)c2cccc(C(F)(F)F)c2C)c2cn([C@H]3C[C@H](F)C3)c(=O)cc2n1. The van der Waals surface area contributed by atoms with Crippen molar-refractivity contribution in [3.63, 3.8) is 0 Å². The van der Waals surface area contributed by atoms with Gasteiger partial charge in [0.1, 0.15) is 17.8 Å². The molecule has 1 N–H and O–H groups in total. The van der Waals surface area contributed by atoms with Gasteiger partial charge < -0.3 is 9.88 Å². The monoisotopic (exact) mass is 434 g/mol. The molecule has 0 aliphatic heterocycles. The average molecular weight is 434 g/mol. The van der Waals surface area contributed by atoms with E-state index in [2.05, 4.69) is 15.3 Å². The molecule has 2 aromatic heterocycles. The Kier molecular flexibility index (Phi) is 5.23. The van der Waals surface area contributed by atoms with Gasteiger partial charge >= 0.3 is 6.18 Å². The number of aromatic nitrogens is 3. The number of hydrogen-bond acceptors (Lipinski definition) is 4. The second-order valence-electron chi connectivity index (χ2n) is 8.04. The fourth-order valence-corrected chi connectivity index (χ4v) is 4.09. The van der Waals surface area contributed by atoms with E-state index in [1.165, 1.54) is 23.6 Å². The summed E-state index contributed by atoms with van der Waals surface area (Å²) >= 11 is 0. The lowest BCUT2D eigenvalue weighted by Gasteiger charge is -2.31. The predicted octanol–water partition coefficient (Wildman–Crippen LogP) is 5.27. The minimum absolute atomic E-state index is 0.144. The maximum atomic E-state index is 13.3. The highest BCUT2D eigenvalue weighted by Gasteiger charge is 2.33. The van der Waals surface area contributed by atoms with Gasteiger partial charge in [0.05, 0.1) is 22.5 Å². The number of nitrogens with zero attached hydrogens (tertiary/aromatic N) is 3. The quantitative estimate of drug-likeness (QED) is 0.568. The van der Waals surface area contributed by atoms with Gasteiger partial charge in [0.15, 0.2) is 0 Å². The second-order valence-corrected chi connectivity index (χ2v) is 8.04. The van der Waals surface area contributed by atoms with Crippen LogP contribution in [0, 0.1) is 13.8 Å². The molecule has 164 valence electrons. The van der Waals surface area contributed by atoms with E-state index in [0.29, 0.717) is 28.1 Å². The van der Waals surface area contributed by atoms with Crippen molar-refractivity contribution >= 4 is 16.7 Å². The summed E-state index contributed by atoms with van der Waals surface area (Å²) in [5.74, 6) is 0.837. The van der Waals surface area contributed by atoms with Crippen LogP contribution in [0.2, 0.25) is 0 Å². The van der Waals surface area contributed by atoms with Crippen LogP contribution in [0.15, 0.2) is 35.3 Å². The van der Waals surface area contributed by atoms with Crippen molar-refractivity contribution in [2.45, 2.75) is 58.0 Å². The van der Waals surface area contributed by atoms with Gasteiger partial charge in [-0.1, -0.05) is 12.1 Å². The molecule has 1 aromatic carbocycles. The molecule has 0 saturated heterocycles. The molecule has 31 heavy (non-hydrogen) atoms. The zero-order valence-corrected chi connectivity index (χ0v) is 17.3. The number of alkyl halides is 4. The second kappa shape index (κ2) is 7.62. The van der Waals surface area contributed by atoms with Crippen LogP contribution >= 0.6 is 0 Å². The maximum Gasteiger partial charge on any atom is 0.416 e. The molecule has 5 nitrogen and oxygen atoms in total. The molecule has 1 saturated carbocycles. The maximum absolute atomic E-state index is 13.3. The van der Waals surface area contributed by atoms with Crippen LogP contribution in [0.25, 0.3) is 10.9 Å². The third-order valence-electron chi connectivity index (χ3n) is 5.82. The van der Waals surface area contributed by atoms with Crippen LogP contribution in [0.5, 0.6) is 0 Å². The standard InChI is InChI=1S/C22H22F4N4O/c1-11-16(5-4-6-18(11)22(24,25)26)12(2)27-21-17-10-30(15-7-14(23)8-15)20(31)9-19(17)28-13(3)29-21/h4-6,9-10,12,14-15H,7-8H2,1-3H3,(H,27,28,29)/t12-,14-,15-/m1/s1. The van der Waals surface area contributed by atoms with Crippen molar-refractivity contribution < 1.29 is 17.6 Å². The molecule has 0 bridgehead atoms. The number of nitrogens with one attached hydrogen (secondary N) is 1. The summed E-state index contributed by atoms with van der Waals surface area (Å²) in [5.41, 5.74) is 0.120. The van der Waals surface area contributed by atoms with Crippen molar-refractivity contribution in [3.8, 4) is 0 Å². The third kappa shape index (κ3) is 4.00. The molecular formula is C22H22F4N4O. The summed E-state index contributed by atoms with van der Waals surface area (Å²) < 4.78 is 54.7. The van der Waals surface area contributed by atoms with Crippen molar-refractivity contribution in [2.24, 2.45) is 0 Å². The first kappa shape index (κ1) is 21.3. The summed E-state index contributed by atoms with van der Waals surface area (Å²) in [7, 11) is 0. The smallest absolute Gasteiger partial charge is 0.363 e. The number of benzene rings is 1. The number of hydrogen-bond donors (Lipinski definition) is 1. The Morgan fingerprint density at radius 1 is 1.19 bits per heavy atom. The van der Waals surface area contributed by atoms with Crippen LogP contribution in [-0.2, 0) is 6.18 Å². The molecular weight excluding hydrogens is 412 g/mol. The van der Waals surface area contributed by atoms with Crippen LogP contribution in [0.4, 0.5) is 23.4 Å². The molecule has 9 heteroatoms. The highest BCUT2D eigenvalue weighted by Crippen LogP contribution is 2.36. The molecule has 0 amide bonds. The largest absolute Gasteiger partial charge is 0.416 e. The number of halogens is 4. The van der Waals surface area contributed by atoms with E-state index < -0.39 is 24.0 Å². The molecule has 0 radical (unpaired) electrons. The summed E-state index contributed by atoms with van der Waals surface area (Å²) in [6.45, 7) is 4.87. The first-order valence-electron chi connectivity index (χ1n) is 10.0. The number of rotatable bonds is 4. The van der Waals surface area contributed by atoms with E-state index >= 15 is 0 Å². The molecule has 3 aromatic rings. The molecule has 4 rings (SSSR count). The number of fused-ring (bicyclic) bond motifs is 1. The lowest BCUT2D eigenvalue weighted by Crippen LogP contribution is -2.34. The predicted molar refractivity (Wildman–Crippen MR) is 110 cm³/mol. The van der Waals surface area contributed by atoms with Gasteiger partial charge in [-0.25, -0.2) is 14.4 Å². The van der Waals surface area contributed by atoms with Crippen molar-refractivity contribution in [1.29, 1.82) is 0 Å². The Balaban J connectivity index is 1.74. The average Bonchev–Trinajstić information content (AvgIpc) is 2.64. The Labute approximate surface area is 176 Å². The molecule has 1 fully saturated rings. The van der Waals surface area contributed by atoms with Crippen molar-refractivity contribution in [1.82, 2.24) is 14.5 Å². The van der Waals surface area contributed by atoms with E-state index in [-0.39, 0.29) is 30.0 Å². The zero-order valence-electron chi connectivity index (χ0n) is 17.3. The Morgan fingerprint density at radius 3 is 2.55 bits per heavy atom. The zero-order chi connectivity index (χ0) is 22.5. The van der Waals surface area contributed by atoms with E-state index in [4.69, 9.17) is 0 Å². The minimum Gasteiger partial charge on any atom is -0.363 e. The molecule has 0 unspecified atom stereocenters. The highest BCUT2D eigenvalue weighted by atomic mass is 19.4. The lowest BCUT2D eigenvalue weighted by atomic mass is 9.90. The van der Waals surface area contributed by atoms with Crippen LogP contribution in [-0.4, -0.2) is 20.7 Å². The lowest BCUT2D eigenvalue weighted by molar-refractivity contribution is -0.138. The molecule has 2 heterocycles. The first-order valence-corrected chi connectivity index (χ1v) is 10.0. The van der Waals surface area contributed by atoms with E-state index in [1.807, 2.05) is 0 Å². The topological polar surface area (TPSA) is 59.8 Å². The van der Waals surface area contributed by atoms with Gasteiger partial charge in [-0.05, 0) is 50.8 Å². The van der Waals surface area contributed by atoms with Crippen LogP contribution < -0.4 is 10.9 Å². The van der Waals surface area contributed by atoms with E-state index in [1.54, 1.807) is 26.1 Å². The summed E-state index contributed by atoms with van der Waals surface area (Å²) in [4.78, 5) is 21.2. The van der Waals surface area contributed by atoms with E-state index in [9.17, 15) is 22.4 Å². The van der Waals surface area contributed by atoms with Crippen LogP contribution in [0.3, 0.4) is 0 Å². The Bertz CT molecular complexity index is 1200. The van der Waals surface area contributed by atoms with Crippen molar-refractivity contribution in [3.05, 3.63) is 63.3 Å². The molecule has 1 aliphatic rings. The minimum atomic E-state index is -4.44. The third-order valence-corrected chi connectivity index (χ3v) is 5.82. The Hall–Kier alpha value is -2.97. The van der Waals surface area contributed by atoms with Gasteiger partial charge in [-0.2, -0.15) is 13.2 Å². The van der Waals surface area contributed by atoms with E-state index in [0.717, 1.165) is 6.07 Å². The van der Waals surface area contributed by atoms with Gasteiger partial charge in [0.2, 0.25) is 0 Å². The highest BCUT2D eigenvalue weighted by molar-refractivity contribution is 5.88. The molecule has 1 atom stereocenters. The number of pyridine rings is 1. The summed E-state index contributed by atoms with van der Waals surface area (Å²) in [5, 5.41) is 3.74. The number of anilines is 1. The normalized spacial score (nSPS) is 19.8. The van der Waals surface area contributed by atoms with Gasteiger partial charge in [-0.3, -0.25) is 4.79 Å². The van der Waals surface area contributed by atoms with Crippen molar-refractivity contribution in [2.75, 3.05) is 5.32 Å². The van der Waals surface area contributed by atoms with Crippen LogP contribution in [0.1, 0.15) is 54.4 Å². The van der Waals surface area contributed by atoms with Gasteiger partial charge in [0, 0.05) is 18.3 Å². The fourth-order valence-electron chi connectivity index (χ4n) is 4.09. The summed E-state index contributed by atoms with van der Waals surface area (Å²) in [6.07, 6.45) is -3.18.